The first-order valence-corrected chi connectivity index (χ1v) is 10.9. The van der Waals surface area contributed by atoms with E-state index in [0.29, 0.717) is 30.4 Å². The van der Waals surface area contributed by atoms with Gasteiger partial charge in [0.15, 0.2) is 11.5 Å². The van der Waals surface area contributed by atoms with E-state index in [1.807, 2.05) is 51.2 Å². The number of anilines is 1. The Morgan fingerprint density at radius 3 is 2.52 bits per heavy atom. The number of rotatable bonds is 4. The van der Waals surface area contributed by atoms with Gasteiger partial charge in [-0.15, -0.1) is 0 Å². The summed E-state index contributed by atoms with van der Waals surface area (Å²) in [6, 6.07) is 7.73. The Balaban J connectivity index is 1.65. The zero-order valence-corrected chi connectivity index (χ0v) is 19.7. The second-order valence-corrected chi connectivity index (χ2v) is 9.00. The van der Waals surface area contributed by atoms with Gasteiger partial charge in [-0.05, 0) is 56.5 Å². The summed E-state index contributed by atoms with van der Waals surface area (Å²) in [5.74, 6) is 1.70. The van der Waals surface area contributed by atoms with Crippen LogP contribution >= 0.6 is 0 Å². The van der Waals surface area contributed by atoms with Crippen LogP contribution in [-0.4, -0.2) is 53.9 Å². The number of carbonyl (C=O) groups is 1. The summed E-state index contributed by atoms with van der Waals surface area (Å²) in [5, 5.41) is 0.978. The monoisotopic (exact) mass is 450 g/mol. The van der Waals surface area contributed by atoms with Crippen LogP contribution in [0, 0.1) is 0 Å². The van der Waals surface area contributed by atoms with Crippen LogP contribution in [0.25, 0.3) is 27.7 Å². The molecule has 2 aromatic heterocycles. The third kappa shape index (κ3) is 4.60. The second-order valence-electron chi connectivity index (χ2n) is 9.00. The number of nitrogens with zero attached hydrogens (tertiary/aromatic N) is 2. The smallest absolute Gasteiger partial charge is 0.410 e. The number of aromatic amines is 1. The molecule has 1 amide bonds. The van der Waals surface area contributed by atoms with Crippen LogP contribution in [0.2, 0.25) is 0 Å². The molecule has 0 aliphatic carbocycles. The number of pyridine rings is 1. The minimum Gasteiger partial charge on any atom is -0.493 e. The Morgan fingerprint density at radius 2 is 1.88 bits per heavy atom. The molecule has 0 saturated carbocycles. The summed E-state index contributed by atoms with van der Waals surface area (Å²) in [6.45, 7) is 6.71. The number of nitrogens with two attached hydrogens (primary N) is 1. The van der Waals surface area contributed by atoms with Gasteiger partial charge in [-0.2, -0.15) is 0 Å². The van der Waals surface area contributed by atoms with E-state index in [9.17, 15) is 4.79 Å². The van der Waals surface area contributed by atoms with E-state index in [1.54, 1.807) is 19.1 Å². The molecule has 174 valence electrons. The van der Waals surface area contributed by atoms with Crippen molar-refractivity contribution in [3.63, 3.8) is 0 Å². The van der Waals surface area contributed by atoms with Crippen molar-refractivity contribution in [1.82, 2.24) is 14.9 Å². The standard InChI is InChI=1S/C25H30N4O4/c1-25(2,3)33-24(30)29-10-8-15(9-11-29)19-14-27-23-18(19)13-17(22(26)28-23)16-6-7-20(31-4)21(12-16)32-5/h6-8,12-14H,9-11H2,1-5H3,(H3,26,27,28). The number of fused-ring (bicyclic) bond motifs is 1. The molecule has 8 heteroatoms. The first-order valence-electron chi connectivity index (χ1n) is 10.9. The van der Waals surface area contributed by atoms with Gasteiger partial charge in [0.05, 0.1) is 14.2 Å². The summed E-state index contributed by atoms with van der Waals surface area (Å²) >= 11 is 0. The van der Waals surface area contributed by atoms with Crippen molar-refractivity contribution in [1.29, 1.82) is 0 Å². The molecule has 3 aromatic rings. The number of nitrogen functional groups attached to an aromatic ring is 1. The fraction of sp³-hybridized carbons (Fsp3) is 0.360. The average Bonchev–Trinajstić information content (AvgIpc) is 3.19. The molecule has 0 spiro atoms. The number of ether oxygens (including phenoxy) is 3. The SMILES string of the molecule is COc1ccc(-c2cc3c(C4=CCN(C(=O)OC(C)(C)C)CC4)c[nH]c3nc2N)cc1OC. The van der Waals surface area contributed by atoms with Gasteiger partial charge in [-0.25, -0.2) is 9.78 Å². The third-order valence-electron chi connectivity index (χ3n) is 5.60. The van der Waals surface area contributed by atoms with Gasteiger partial charge in [0.2, 0.25) is 0 Å². The quantitative estimate of drug-likeness (QED) is 0.589. The maximum absolute atomic E-state index is 12.4. The van der Waals surface area contributed by atoms with Gasteiger partial charge in [0, 0.05) is 35.8 Å². The van der Waals surface area contributed by atoms with Gasteiger partial charge in [0.1, 0.15) is 17.1 Å². The maximum atomic E-state index is 12.4. The van der Waals surface area contributed by atoms with Crippen molar-refractivity contribution in [3.05, 3.63) is 42.1 Å². The molecule has 3 N–H and O–H groups in total. The third-order valence-corrected chi connectivity index (χ3v) is 5.60. The molecule has 1 aliphatic rings. The van der Waals surface area contributed by atoms with Crippen LogP contribution in [0.3, 0.4) is 0 Å². The van der Waals surface area contributed by atoms with Crippen LogP contribution in [0.5, 0.6) is 11.5 Å². The number of hydrogen-bond acceptors (Lipinski definition) is 6. The maximum Gasteiger partial charge on any atom is 0.410 e. The van der Waals surface area contributed by atoms with E-state index in [4.69, 9.17) is 19.9 Å². The molecule has 33 heavy (non-hydrogen) atoms. The van der Waals surface area contributed by atoms with E-state index in [-0.39, 0.29) is 6.09 Å². The molecule has 0 unspecified atom stereocenters. The van der Waals surface area contributed by atoms with E-state index in [1.165, 1.54) is 0 Å². The lowest BCUT2D eigenvalue weighted by Crippen LogP contribution is -2.39. The molecule has 1 aliphatic heterocycles. The van der Waals surface area contributed by atoms with Crippen molar-refractivity contribution in [2.45, 2.75) is 32.8 Å². The molecule has 1 aromatic carbocycles. The van der Waals surface area contributed by atoms with Crippen molar-refractivity contribution in [3.8, 4) is 22.6 Å². The van der Waals surface area contributed by atoms with Crippen molar-refractivity contribution < 1.29 is 19.0 Å². The summed E-state index contributed by atoms with van der Waals surface area (Å²) in [7, 11) is 3.21. The first-order chi connectivity index (χ1) is 15.7. The molecular formula is C25H30N4O4. The highest BCUT2D eigenvalue weighted by molar-refractivity contribution is 5.96. The fourth-order valence-corrected chi connectivity index (χ4v) is 3.97. The largest absolute Gasteiger partial charge is 0.493 e. The summed E-state index contributed by atoms with van der Waals surface area (Å²) in [6.07, 6.45) is 4.46. The summed E-state index contributed by atoms with van der Waals surface area (Å²) in [4.78, 5) is 21.9. The van der Waals surface area contributed by atoms with Gasteiger partial charge in [-0.3, -0.25) is 0 Å². The van der Waals surface area contributed by atoms with Crippen LogP contribution in [-0.2, 0) is 4.74 Å². The van der Waals surface area contributed by atoms with Crippen LogP contribution in [0.4, 0.5) is 10.6 Å². The van der Waals surface area contributed by atoms with E-state index in [0.717, 1.165) is 39.7 Å². The number of aromatic nitrogens is 2. The van der Waals surface area contributed by atoms with Crippen LogP contribution in [0.15, 0.2) is 36.5 Å². The average molecular weight is 451 g/mol. The lowest BCUT2D eigenvalue weighted by atomic mass is 9.97. The Labute approximate surface area is 193 Å². The zero-order valence-electron chi connectivity index (χ0n) is 19.7. The molecule has 0 saturated heterocycles. The van der Waals surface area contributed by atoms with Gasteiger partial charge >= 0.3 is 6.09 Å². The number of amides is 1. The highest BCUT2D eigenvalue weighted by Gasteiger charge is 2.25. The van der Waals surface area contributed by atoms with Crippen LogP contribution in [0.1, 0.15) is 32.8 Å². The predicted octanol–water partition coefficient (Wildman–Crippen LogP) is 4.85. The van der Waals surface area contributed by atoms with Crippen molar-refractivity contribution >= 4 is 28.5 Å². The highest BCUT2D eigenvalue weighted by Crippen LogP contribution is 2.37. The molecule has 4 rings (SSSR count). The normalized spacial score (nSPS) is 14.2. The number of carbonyl (C=O) groups excluding carboxylic acids is 1. The Hall–Kier alpha value is -3.68. The Morgan fingerprint density at radius 1 is 1.12 bits per heavy atom. The summed E-state index contributed by atoms with van der Waals surface area (Å²) < 4.78 is 16.3. The lowest BCUT2D eigenvalue weighted by molar-refractivity contribution is 0.0270. The topological polar surface area (TPSA) is 103 Å². The first kappa shape index (κ1) is 22.5. The number of H-pyrrole nitrogens is 1. The highest BCUT2D eigenvalue weighted by atomic mass is 16.6. The lowest BCUT2D eigenvalue weighted by Gasteiger charge is -2.29. The minimum absolute atomic E-state index is 0.290. The van der Waals surface area contributed by atoms with Crippen molar-refractivity contribution in [2.24, 2.45) is 0 Å². The zero-order chi connectivity index (χ0) is 23.8. The number of benzene rings is 1. The number of nitrogens with one attached hydrogen (secondary N) is 1. The molecule has 0 atom stereocenters. The van der Waals surface area contributed by atoms with Crippen LogP contribution < -0.4 is 15.2 Å². The fourth-order valence-electron chi connectivity index (χ4n) is 3.97. The van der Waals surface area contributed by atoms with E-state index in [2.05, 4.69) is 16.0 Å². The van der Waals surface area contributed by atoms with E-state index >= 15 is 0 Å². The van der Waals surface area contributed by atoms with E-state index < -0.39 is 5.60 Å². The molecule has 3 heterocycles. The Kier molecular flexibility index (Phi) is 5.93. The molecular weight excluding hydrogens is 420 g/mol. The molecule has 0 bridgehead atoms. The molecule has 8 nitrogen and oxygen atoms in total. The van der Waals surface area contributed by atoms with Gasteiger partial charge in [-0.1, -0.05) is 12.1 Å². The van der Waals surface area contributed by atoms with Crippen molar-refractivity contribution in [2.75, 3.05) is 33.0 Å². The predicted molar refractivity (Wildman–Crippen MR) is 129 cm³/mol. The molecule has 0 radical (unpaired) electrons. The minimum atomic E-state index is -0.510. The van der Waals surface area contributed by atoms with Gasteiger partial charge in [0.25, 0.3) is 0 Å². The number of hydrogen-bond donors (Lipinski definition) is 2. The Bertz CT molecular complexity index is 1220. The summed E-state index contributed by atoms with van der Waals surface area (Å²) in [5.41, 5.74) is 10.4. The molecule has 0 fully saturated rings. The van der Waals surface area contributed by atoms with Gasteiger partial charge < -0.3 is 29.8 Å². The number of methoxy groups -OCH3 is 2. The second kappa shape index (κ2) is 8.69.